The molecule has 78 valence electrons. The van der Waals surface area contributed by atoms with Gasteiger partial charge in [-0.1, -0.05) is 19.1 Å². The van der Waals surface area contributed by atoms with Gasteiger partial charge in [0.15, 0.2) is 0 Å². The number of alkyl halides is 2. The number of benzene rings is 1. The van der Waals surface area contributed by atoms with Crippen molar-refractivity contribution in [2.24, 2.45) is 5.73 Å². The normalized spacial score (nSPS) is 13.2. The third-order valence-corrected chi connectivity index (χ3v) is 2.19. The second kappa shape index (κ2) is 4.37. The Bertz CT molecular complexity index is 315. The number of hydrogen-bond acceptors (Lipinski definition) is 2. The SMILES string of the molecule is CC(CN)c1ccc(C(F)F)cc1O. The van der Waals surface area contributed by atoms with Crippen LogP contribution in [0.3, 0.4) is 0 Å². The van der Waals surface area contributed by atoms with Crippen LogP contribution in [0.1, 0.15) is 30.4 Å². The fourth-order valence-corrected chi connectivity index (χ4v) is 1.24. The molecule has 0 saturated carbocycles. The molecule has 0 heterocycles. The van der Waals surface area contributed by atoms with Crippen LogP contribution in [-0.2, 0) is 0 Å². The summed E-state index contributed by atoms with van der Waals surface area (Å²) in [5, 5.41) is 9.45. The Hall–Kier alpha value is -1.16. The number of rotatable bonds is 3. The highest BCUT2D eigenvalue weighted by Gasteiger charge is 2.13. The van der Waals surface area contributed by atoms with Gasteiger partial charge in [-0.2, -0.15) is 0 Å². The summed E-state index contributed by atoms with van der Waals surface area (Å²) < 4.78 is 24.5. The van der Waals surface area contributed by atoms with E-state index in [1.165, 1.54) is 12.1 Å². The molecule has 0 radical (unpaired) electrons. The smallest absolute Gasteiger partial charge is 0.263 e. The van der Waals surface area contributed by atoms with Crippen LogP contribution in [0, 0.1) is 0 Å². The summed E-state index contributed by atoms with van der Waals surface area (Å²) in [6, 6.07) is 3.90. The van der Waals surface area contributed by atoms with E-state index in [0.29, 0.717) is 12.1 Å². The molecule has 0 aromatic heterocycles. The largest absolute Gasteiger partial charge is 0.508 e. The number of halogens is 2. The molecule has 0 aliphatic carbocycles. The molecule has 2 nitrogen and oxygen atoms in total. The van der Waals surface area contributed by atoms with Crippen molar-refractivity contribution in [3.05, 3.63) is 29.3 Å². The minimum absolute atomic E-state index is 0.0262. The number of phenolic OH excluding ortho intramolecular Hbond substituents is 1. The van der Waals surface area contributed by atoms with Gasteiger partial charge in [-0.05, 0) is 24.1 Å². The van der Waals surface area contributed by atoms with Crippen molar-refractivity contribution in [2.75, 3.05) is 6.54 Å². The van der Waals surface area contributed by atoms with Gasteiger partial charge in [-0.15, -0.1) is 0 Å². The maximum Gasteiger partial charge on any atom is 0.263 e. The molecule has 1 aromatic rings. The van der Waals surface area contributed by atoms with Crippen molar-refractivity contribution in [3.63, 3.8) is 0 Å². The summed E-state index contributed by atoms with van der Waals surface area (Å²) in [5.41, 5.74) is 5.85. The molecular formula is C10H13F2NO. The number of aromatic hydroxyl groups is 1. The highest BCUT2D eigenvalue weighted by molar-refractivity contribution is 5.39. The molecule has 1 atom stereocenters. The lowest BCUT2D eigenvalue weighted by atomic mass is 9.99. The molecule has 0 fully saturated rings. The Balaban J connectivity index is 3.01. The fraction of sp³-hybridized carbons (Fsp3) is 0.400. The summed E-state index contributed by atoms with van der Waals surface area (Å²) in [5.74, 6) is -0.137. The van der Waals surface area contributed by atoms with Crippen molar-refractivity contribution >= 4 is 0 Å². The first-order valence-corrected chi connectivity index (χ1v) is 4.37. The minimum Gasteiger partial charge on any atom is -0.508 e. The molecule has 0 saturated heterocycles. The summed E-state index contributed by atoms with van der Waals surface area (Å²) >= 11 is 0. The Morgan fingerprint density at radius 1 is 1.43 bits per heavy atom. The molecule has 0 bridgehead atoms. The Morgan fingerprint density at radius 2 is 2.07 bits per heavy atom. The first kappa shape index (κ1) is 10.9. The predicted molar refractivity (Wildman–Crippen MR) is 50.5 cm³/mol. The van der Waals surface area contributed by atoms with Crippen molar-refractivity contribution in [2.45, 2.75) is 19.3 Å². The van der Waals surface area contributed by atoms with Gasteiger partial charge < -0.3 is 10.8 Å². The van der Waals surface area contributed by atoms with Crippen LogP contribution < -0.4 is 5.73 Å². The first-order chi connectivity index (χ1) is 6.56. The maximum absolute atomic E-state index is 12.2. The minimum atomic E-state index is -2.55. The molecule has 1 aromatic carbocycles. The van der Waals surface area contributed by atoms with Gasteiger partial charge in [0, 0.05) is 5.56 Å². The van der Waals surface area contributed by atoms with Gasteiger partial charge in [0.1, 0.15) is 5.75 Å². The monoisotopic (exact) mass is 201 g/mol. The van der Waals surface area contributed by atoms with Crippen molar-refractivity contribution in [1.82, 2.24) is 0 Å². The molecule has 4 heteroatoms. The highest BCUT2D eigenvalue weighted by atomic mass is 19.3. The molecule has 0 aliphatic heterocycles. The molecule has 3 N–H and O–H groups in total. The van der Waals surface area contributed by atoms with Crippen LogP contribution in [0.5, 0.6) is 5.75 Å². The lowest BCUT2D eigenvalue weighted by Gasteiger charge is -2.12. The second-order valence-electron chi connectivity index (χ2n) is 3.26. The number of phenols is 1. The Morgan fingerprint density at radius 3 is 2.50 bits per heavy atom. The van der Waals surface area contributed by atoms with Crippen molar-refractivity contribution in [1.29, 1.82) is 0 Å². The van der Waals surface area contributed by atoms with Crippen LogP contribution in [0.4, 0.5) is 8.78 Å². The topological polar surface area (TPSA) is 46.2 Å². The molecule has 0 spiro atoms. The zero-order valence-corrected chi connectivity index (χ0v) is 7.87. The maximum atomic E-state index is 12.2. The van der Waals surface area contributed by atoms with Crippen LogP contribution >= 0.6 is 0 Å². The van der Waals surface area contributed by atoms with Gasteiger partial charge in [0.25, 0.3) is 6.43 Å². The van der Waals surface area contributed by atoms with E-state index >= 15 is 0 Å². The summed E-state index contributed by atoms with van der Waals surface area (Å²) in [7, 11) is 0. The van der Waals surface area contributed by atoms with E-state index in [1.54, 1.807) is 0 Å². The zero-order valence-electron chi connectivity index (χ0n) is 7.87. The Kier molecular flexibility index (Phi) is 3.41. The summed E-state index contributed by atoms with van der Waals surface area (Å²) in [6.45, 7) is 2.21. The van der Waals surface area contributed by atoms with E-state index < -0.39 is 6.43 Å². The lowest BCUT2D eigenvalue weighted by Crippen LogP contribution is -2.09. The lowest BCUT2D eigenvalue weighted by molar-refractivity contribution is 0.151. The summed E-state index contributed by atoms with van der Waals surface area (Å²) in [6.07, 6.45) is -2.55. The van der Waals surface area contributed by atoms with Crippen molar-refractivity contribution < 1.29 is 13.9 Å². The van der Waals surface area contributed by atoms with Crippen LogP contribution in [0.25, 0.3) is 0 Å². The van der Waals surface area contributed by atoms with E-state index in [1.807, 2.05) is 6.92 Å². The zero-order chi connectivity index (χ0) is 10.7. The average molecular weight is 201 g/mol. The van der Waals surface area contributed by atoms with Gasteiger partial charge in [0.2, 0.25) is 0 Å². The molecule has 1 unspecified atom stereocenters. The highest BCUT2D eigenvalue weighted by Crippen LogP contribution is 2.29. The van der Waals surface area contributed by atoms with E-state index in [9.17, 15) is 13.9 Å². The fourth-order valence-electron chi connectivity index (χ4n) is 1.24. The quantitative estimate of drug-likeness (QED) is 0.788. The molecule has 0 aliphatic rings. The van der Waals surface area contributed by atoms with E-state index in [-0.39, 0.29) is 17.2 Å². The number of hydrogen-bond donors (Lipinski definition) is 2. The summed E-state index contributed by atoms with van der Waals surface area (Å²) in [4.78, 5) is 0. The molecule has 14 heavy (non-hydrogen) atoms. The molecule has 0 amide bonds. The van der Waals surface area contributed by atoms with Gasteiger partial charge >= 0.3 is 0 Å². The van der Waals surface area contributed by atoms with Gasteiger partial charge in [-0.3, -0.25) is 0 Å². The molecule has 1 rings (SSSR count). The second-order valence-corrected chi connectivity index (χ2v) is 3.26. The van der Waals surface area contributed by atoms with E-state index in [0.717, 1.165) is 6.07 Å². The third-order valence-electron chi connectivity index (χ3n) is 2.19. The Labute approximate surface area is 81.4 Å². The standard InChI is InChI=1S/C10H13F2NO/c1-6(5-13)8-3-2-7(10(11)12)4-9(8)14/h2-4,6,10,14H,5,13H2,1H3. The average Bonchev–Trinajstić information content (AvgIpc) is 2.16. The van der Waals surface area contributed by atoms with E-state index in [2.05, 4.69) is 0 Å². The predicted octanol–water partition coefficient (Wildman–Crippen LogP) is 2.39. The third kappa shape index (κ3) is 2.20. The van der Waals surface area contributed by atoms with E-state index in [4.69, 9.17) is 5.73 Å². The number of nitrogens with two attached hydrogens (primary N) is 1. The van der Waals surface area contributed by atoms with Gasteiger partial charge in [0.05, 0.1) is 0 Å². The van der Waals surface area contributed by atoms with Gasteiger partial charge in [-0.25, -0.2) is 8.78 Å². The first-order valence-electron chi connectivity index (χ1n) is 4.37. The van der Waals surface area contributed by atoms with Crippen molar-refractivity contribution in [3.8, 4) is 5.75 Å². The van der Waals surface area contributed by atoms with Crippen LogP contribution in [0.15, 0.2) is 18.2 Å². The molecular weight excluding hydrogens is 188 g/mol. The van der Waals surface area contributed by atoms with Crippen LogP contribution in [0.2, 0.25) is 0 Å². The van der Waals surface area contributed by atoms with Crippen LogP contribution in [-0.4, -0.2) is 11.7 Å².